The smallest absolute Gasteiger partial charge is 0.251 e. The molecular weight excluding hydrogens is 276 g/mol. The van der Waals surface area contributed by atoms with E-state index < -0.39 is 17.4 Å². The van der Waals surface area contributed by atoms with Crippen LogP contribution in [0.3, 0.4) is 0 Å². The second-order valence-corrected chi connectivity index (χ2v) is 4.81. The van der Waals surface area contributed by atoms with E-state index in [9.17, 15) is 18.4 Å². The third kappa shape index (κ3) is 2.31. The predicted octanol–water partition coefficient (Wildman–Crippen LogP) is 2.48. The summed E-state index contributed by atoms with van der Waals surface area (Å²) in [5.41, 5.74) is 1.07. The Morgan fingerprint density at radius 1 is 1.14 bits per heavy atom. The van der Waals surface area contributed by atoms with Crippen molar-refractivity contribution in [2.75, 3.05) is 6.54 Å². The van der Waals surface area contributed by atoms with Gasteiger partial charge in [0.05, 0.1) is 5.56 Å². The van der Waals surface area contributed by atoms with Gasteiger partial charge in [-0.15, -0.1) is 0 Å². The summed E-state index contributed by atoms with van der Waals surface area (Å²) in [5, 5.41) is 2.68. The number of halogens is 2. The molecule has 1 heterocycles. The average Bonchev–Trinajstić information content (AvgIpc) is 2.49. The van der Waals surface area contributed by atoms with Crippen molar-refractivity contribution in [3.63, 3.8) is 0 Å². The molecule has 5 heteroatoms. The highest BCUT2D eigenvalue weighted by atomic mass is 19.2. The van der Waals surface area contributed by atoms with Gasteiger partial charge in [0.2, 0.25) is 0 Å². The van der Waals surface area contributed by atoms with Crippen molar-refractivity contribution in [2.24, 2.45) is 0 Å². The lowest BCUT2D eigenvalue weighted by Crippen LogP contribution is -2.32. The highest BCUT2D eigenvalue weighted by Crippen LogP contribution is 2.20. The molecule has 3 nitrogen and oxygen atoms in total. The molecule has 2 aromatic carbocycles. The second kappa shape index (κ2) is 5.09. The number of ketones is 1. The molecule has 1 N–H and O–H groups in total. The molecule has 0 fully saturated rings. The predicted molar refractivity (Wildman–Crippen MR) is 72.3 cm³/mol. The van der Waals surface area contributed by atoms with Crippen LogP contribution in [-0.4, -0.2) is 18.2 Å². The number of amides is 1. The summed E-state index contributed by atoms with van der Waals surface area (Å²) in [6, 6.07) is 8.09. The molecule has 1 amide bonds. The zero-order valence-electron chi connectivity index (χ0n) is 11.0. The fraction of sp³-hybridized carbons (Fsp3) is 0.125. The van der Waals surface area contributed by atoms with Gasteiger partial charge in [0.25, 0.3) is 5.91 Å². The van der Waals surface area contributed by atoms with Crippen LogP contribution in [0, 0.1) is 11.6 Å². The Morgan fingerprint density at radius 3 is 2.76 bits per heavy atom. The lowest BCUT2D eigenvalue weighted by Gasteiger charge is -2.17. The Labute approximate surface area is 119 Å². The number of hydrogen-bond donors (Lipinski definition) is 1. The number of rotatable bonds is 2. The van der Waals surface area contributed by atoms with E-state index in [-0.39, 0.29) is 17.0 Å². The van der Waals surface area contributed by atoms with Gasteiger partial charge in [0.15, 0.2) is 17.4 Å². The maximum atomic E-state index is 13.7. The number of carbonyl (C=O) groups excluding carboxylic acids is 2. The third-order valence-corrected chi connectivity index (χ3v) is 3.49. The molecule has 3 rings (SSSR count). The Bertz CT molecular complexity index is 756. The van der Waals surface area contributed by atoms with Crippen molar-refractivity contribution in [1.29, 1.82) is 0 Å². The van der Waals surface area contributed by atoms with E-state index in [1.807, 2.05) is 0 Å². The molecule has 0 saturated heterocycles. The van der Waals surface area contributed by atoms with Gasteiger partial charge in [-0.2, -0.15) is 0 Å². The lowest BCUT2D eigenvalue weighted by atomic mass is 9.94. The van der Waals surface area contributed by atoms with Gasteiger partial charge in [-0.1, -0.05) is 18.2 Å². The second-order valence-electron chi connectivity index (χ2n) is 4.81. The van der Waals surface area contributed by atoms with E-state index in [2.05, 4.69) is 5.32 Å². The Kier molecular flexibility index (Phi) is 3.25. The number of benzene rings is 2. The average molecular weight is 287 g/mol. The van der Waals surface area contributed by atoms with Crippen molar-refractivity contribution in [3.8, 4) is 0 Å². The number of nitrogens with one attached hydrogen (secondary N) is 1. The summed E-state index contributed by atoms with van der Waals surface area (Å²) >= 11 is 0. The van der Waals surface area contributed by atoms with E-state index in [4.69, 9.17) is 0 Å². The number of carbonyl (C=O) groups is 2. The van der Waals surface area contributed by atoms with Gasteiger partial charge < -0.3 is 5.32 Å². The Morgan fingerprint density at radius 2 is 1.95 bits per heavy atom. The molecule has 1 aliphatic heterocycles. The summed E-state index contributed by atoms with van der Waals surface area (Å²) in [6.45, 7) is 0.553. The van der Waals surface area contributed by atoms with Crippen LogP contribution < -0.4 is 5.32 Å². The molecule has 0 bridgehead atoms. The SMILES string of the molecule is O=C1NCCc2ccc(C(=O)c3cccc(F)c3F)cc21. The molecule has 0 aromatic heterocycles. The first kappa shape index (κ1) is 13.4. The fourth-order valence-electron chi connectivity index (χ4n) is 2.39. The van der Waals surface area contributed by atoms with Gasteiger partial charge in [-0.05, 0) is 30.2 Å². The molecule has 2 aromatic rings. The molecule has 0 spiro atoms. The summed E-state index contributed by atoms with van der Waals surface area (Å²) in [7, 11) is 0. The van der Waals surface area contributed by atoms with Crippen LogP contribution in [0.15, 0.2) is 36.4 Å². The van der Waals surface area contributed by atoms with Crippen molar-refractivity contribution in [3.05, 3.63) is 70.3 Å². The molecule has 0 unspecified atom stereocenters. The monoisotopic (exact) mass is 287 g/mol. The lowest BCUT2D eigenvalue weighted by molar-refractivity contribution is 0.0946. The minimum absolute atomic E-state index is 0.162. The first-order chi connectivity index (χ1) is 10.1. The van der Waals surface area contributed by atoms with Crippen LogP contribution in [0.25, 0.3) is 0 Å². The van der Waals surface area contributed by atoms with Gasteiger partial charge in [0, 0.05) is 17.7 Å². The van der Waals surface area contributed by atoms with Crippen molar-refractivity contribution >= 4 is 11.7 Å². The zero-order valence-corrected chi connectivity index (χ0v) is 11.0. The van der Waals surface area contributed by atoms with E-state index in [1.54, 1.807) is 6.07 Å². The summed E-state index contributed by atoms with van der Waals surface area (Å²) in [5.74, 6) is -3.15. The van der Waals surface area contributed by atoms with Crippen molar-refractivity contribution < 1.29 is 18.4 Å². The molecule has 1 aliphatic rings. The van der Waals surface area contributed by atoms with E-state index in [1.165, 1.54) is 24.3 Å². The van der Waals surface area contributed by atoms with Crippen LogP contribution in [0.2, 0.25) is 0 Å². The highest BCUT2D eigenvalue weighted by Gasteiger charge is 2.21. The maximum Gasteiger partial charge on any atom is 0.251 e. The minimum atomic E-state index is -1.18. The van der Waals surface area contributed by atoms with E-state index >= 15 is 0 Å². The maximum absolute atomic E-state index is 13.7. The standard InChI is InChI=1S/C16H11F2NO2/c17-13-3-1-2-11(14(13)18)15(20)10-5-4-9-6-7-19-16(21)12(9)8-10/h1-5,8H,6-7H2,(H,19,21). The Hall–Kier alpha value is -2.56. The number of fused-ring (bicyclic) bond motifs is 1. The van der Waals surface area contributed by atoms with Crippen LogP contribution in [0.4, 0.5) is 8.78 Å². The largest absolute Gasteiger partial charge is 0.352 e. The highest BCUT2D eigenvalue weighted by molar-refractivity contribution is 6.10. The van der Waals surface area contributed by atoms with Gasteiger partial charge in [-0.25, -0.2) is 8.78 Å². The molecule has 0 saturated carbocycles. The zero-order chi connectivity index (χ0) is 15.0. The molecule has 0 radical (unpaired) electrons. The molecule has 0 atom stereocenters. The van der Waals surface area contributed by atoms with Crippen molar-refractivity contribution in [2.45, 2.75) is 6.42 Å². The fourth-order valence-corrected chi connectivity index (χ4v) is 2.39. The molecule has 21 heavy (non-hydrogen) atoms. The van der Waals surface area contributed by atoms with Gasteiger partial charge in [0.1, 0.15) is 0 Å². The summed E-state index contributed by atoms with van der Waals surface area (Å²) < 4.78 is 26.9. The van der Waals surface area contributed by atoms with E-state index in [0.717, 1.165) is 11.6 Å². The molecule has 0 aliphatic carbocycles. The quantitative estimate of drug-likeness (QED) is 0.863. The summed E-state index contributed by atoms with van der Waals surface area (Å²) in [4.78, 5) is 24.0. The van der Waals surface area contributed by atoms with Gasteiger partial charge >= 0.3 is 0 Å². The topological polar surface area (TPSA) is 46.2 Å². The van der Waals surface area contributed by atoms with E-state index in [0.29, 0.717) is 18.5 Å². The third-order valence-electron chi connectivity index (χ3n) is 3.49. The van der Waals surface area contributed by atoms with Crippen molar-refractivity contribution in [1.82, 2.24) is 5.32 Å². The number of hydrogen-bond acceptors (Lipinski definition) is 2. The Balaban J connectivity index is 2.05. The van der Waals surface area contributed by atoms with Gasteiger partial charge in [-0.3, -0.25) is 9.59 Å². The van der Waals surface area contributed by atoms with Crippen LogP contribution in [0.5, 0.6) is 0 Å². The molecular formula is C16H11F2NO2. The van der Waals surface area contributed by atoms with Crippen LogP contribution in [0.1, 0.15) is 31.8 Å². The first-order valence-corrected chi connectivity index (χ1v) is 6.48. The normalized spacial score (nSPS) is 13.5. The first-order valence-electron chi connectivity index (χ1n) is 6.48. The van der Waals surface area contributed by atoms with Crippen LogP contribution >= 0.6 is 0 Å². The molecule has 106 valence electrons. The van der Waals surface area contributed by atoms with Crippen LogP contribution in [-0.2, 0) is 6.42 Å². The minimum Gasteiger partial charge on any atom is -0.352 e. The summed E-state index contributed by atoms with van der Waals surface area (Å²) in [6.07, 6.45) is 0.684.